The highest BCUT2D eigenvalue weighted by Crippen LogP contribution is 2.21. The summed E-state index contributed by atoms with van der Waals surface area (Å²) in [5.74, 6) is 1.37. The first-order valence-corrected chi connectivity index (χ1v) is 6.96. The normalized spacial score (nSPS) is 16.5. The van der Waals surface area contributed by atoms with Crippen LogP contribution in [0.1, 0.15) is 12.8 Å². The lowest BCUT2D eigenvalue weighted by molar-refractivity contribution is 0.572. The van der Waals surface area contributed by atoms with Gasteiger partial charge < -0.3 is 21.7 Å². The number of rotatable bonds is 12. The van der Waals surface area contributed by atoms with Crippen LogP contribution in [0.4, 0.5) is 0 Å². The van der Waals surface area contributed by atoms with Crippen LogP contribution in [0.2, 0.25) is 0 Å². The first-order valence-electron chi connectivity index (χ1n) is 6.96. The van der Waals surface area contributed by atoms with Gasteiger partial charge >= 0.3 is 0 Å². The van der Waals surface area contributed by atoms with Gasteiger partial charge in [-0.05, 0) is 70.6 Å². The Bertz CT molecular complexity index is 169. The predicted molar refractivity (Wildman–Crippen MR) is 77.3 cm³/mol. The average molecular weight is 251 g/mol. The van der Waals surface area contributed by atoms with Crippen molar-refractivity contribution in [3.63, 3.8) is 0 Å². The molecule has 0 aromatic carbocycles. The molecule has 0 atom stereocenters. The monoisotopic (exact) mass is 251 g/mol. The summed E-state index contributed by atoms with van der Waals surface area (Å²) in [4.78, 5) is 0. The minimum absolute atomic E-state index is 0.773. The number of nitrogens with one attached hydrogen (secondary N) is 3. The Balaban J connectivity index is 1.68. The maximum atomic E-state index is 5.41. The molecule has 0 saturated heterocycles. The minimum atomic E-state index is 0.773. The molecule has 1 saturated carbocycles. The van der Waals surface area contributed by atoms with Gasteiger partial charge in [0.1, 0.15) is 0 Å². The van der Waals surface area contributed by atoms with Crippen LogP contribution in [0.15, 0.2) is 0 Å². The van der Waals surface area contributed by atoms with Gasteiger partial charge in [0, 0.05) is 19.6 Å². The molecule has 0 spiro atoms. The van der Waals surface area contributed by atoms with E-state index in [1.165, 1.54) is 12.3 Å². The van der Waals surface area contributed by atoms with Crippen molar-refractivity contribution in [3.8, 4) is 0 Å². The van der Waals surface area contributed by atoms with E-state index < -0.39 is 0 Å². The lowest BCUT2D eigenvalue weighted by Gasteiger charge is -2.10. The van der Waals surface area contributed by atoms with Crippen molar-refractivity contribution in [2.24, 2.45) is 5.73 Å². The predicted octanol–water partition coefficient (Wildman–Crippen LogP) is -0.101. The van der Waals surface area contributed by atoms with Crippen molar-refractivity contribution < 1.29 is 0 Å². The molecule has 5 N–H and O–H groups in total. The van der Waals surface area contributed by atoms with E-state index in [1.54, 1.807) is 0 Å². The zero-order chi connectivity index (χ0) is 12.9. The fourth-order valence-electron chi connectivity index (χ4n) is 1.76. The number of nitrogens with two attached hydrogens (primary N) is 1. The molecule has 0 aliphatic heterocycles. The van der Waals surface area contributed by atoms with E-state index in [1.807, 2.05) is 0 Å². The Kier molecular flexibility index (Phi) is 10.5. The molecule has 18 heavy (non-hydrogen) atoms. The van der Waals surface area contributed by atoms with Crippen molar-refractivity contribution in [3.05, 3.63) is 31.6 Å². The van der Waals surface area contributed by atoms with Crippen LogP contribution in [0.3, 0.4) is 0 Å². The zero-order valence-corrected chi connectivity index (χ0v) is 11.3. The maximum Gasteiger partial charge on any atom is 0.00767 e. The molecule has 0 aromatic heterocycles. The molecule has 1 fully saturated rings. The van der Waals surface area contributed by atoms with Crippen molar-refractivity contribution in [2.75, 3.05) is 45.8 Å². The van der Waals surface area contributed by atoms with Crippen LogP contribution in [0, 0.1) is 31.6 Å². The van der Waals surface area contributed by atoms with Gasteiger partial charge in [-0.15, -0.1) is 0 Å². The SMILES string of the molecule is NCCCNCCNCCCNC[C]1[CH][CH][CH][CH]1. The Morgan fingerprint density at radius 3 is 2.06 bits per heavy atom. The lowest BCUT2D eigenvalue weighted by atomic mass is 10.1. The second kappa shape index (κ2) is 11.9. The Morgan fingerprint density at radius 2 is 1.39 bits per heavy atom. The fourth-order valence-corrected chi connectivity index (χ4v) is 1.76. The van der Waals surface area contributed by atoms with E-state index in [2.05, 4.69) is 41.6 Å². The molecule has 0 unspecified atom stereocenters. The van der Waals surface area contributed by atoms with Crippen LogP contribution in [-0.4, -0.2) is 45.8 Å². The van der Waals surface area contributed by atoms with E-state index in [0.717, 1.165) is 52.2 Å². The first kappa shape index (κ1) is 15.9. The van der Waals surface area contributed by atoms with Crippen LogP contribution >= 0.6 is 0 Å². The van der Waals surface area contributed by atoms with Crippen LogP contribution < -0.4 is 21.7 Å². The van der Waals surface area contributed by atoms with Gasteiger partial charge in [-0.1, -0.05) is 0 Å². The highest BCUT2D eigenvalue weighted by molar-refractivity contribution is 5.35. The Labute approximate surface area is 112 Å². The molecule has 5 radical (unpaired) electrons. The summed E-state index contributed by atoms with van der Waals surface area (Å²) < 4.78 is 0. The van der Waals surface area contributed by atoms with Crippen molar-refractivity contribution in [1.82, 2.24) is 16.0 Å². The number of hydrogen-bond acceptors (Lipinski definition) is 4. The first-order chi connectivity index (χ1) is 8.93. The Hall–Kier alpha value is -0.160. The summed E-state index contributed by atoms with van der Waals surface area (Å²) >= 11 is 0. The maximum absolute atomic E-state index is 5.41. The van der Waals surface area contributed by atoms with Crippen molar-refractivity contribution in [1.29, 1.82) is 0 Å². The molecule has 4 heteroatoms. The molecule has 1 rings (SSSR count). The largest absolute Gasteiger partial charge is 0.330 e. The smallest absolute Gasteiger partial charge is 0.00767 e. The van der Waals surface area contributed by atoms with Gasteiger partial charge in [0.2, 0.25) is 0 Å². The Morgan fingerprint density at radius 1 is 0.778 bits per heavy atom. The highest BCUT2D eigenvalue weighted by atomic mass is 14.9. The summed E-state index contributed by atoms with van der Waals surface area (Å²) in [7, 11) is 0. The summed E-state index contributed by atoms with van der Waals surface area (Å²) in [5.41, 5.74) is 5.41. The number of hydrogen-bond donors (Lipinski definition) is 4. The van der Waals surface area contributed by atoms with Gasteiger partial charge in [0.05, 0.1) is 0 Å². The molecule has 1 aliphatic rings. The van der Waals surface area contributed by atoms with Gasteiger partial charge in [0.25, 0.3) is 0 Å². The molecule has 0 aromatic rings. The molecule has 1 aliphatic carbocycles. The van der Waals surface area contributed by atoms with Crippen LogP contribution in [0.25, 0.3) is 0 Å². The van der Waals surface area contributed by atoms with Gasteiger partial charge in [-0.25, -0.2) is 0 Å². The minimum Gasteiger partial charge on any atom is -0.330 e. The summed E-state index contributed by atoms with van der Waals surface area (Å²) in [6.07, 6.45) is 10.7. The second-order valence-electron chi connectivity index (χ2n) is 4.47. The van der Waals surface area contributed by atoms with Crippen LogP contribution in [-0.2, 0) is 0 Å². The average Bonchev–Trinajstić information content (AvgIpc) is 2.89. The molecule has 4 nitrogen and oxygen atoms in total. The highest BCUT2D eigenvalue weighted by Gasteiger charge is 2.15. The standard InChI is InChI=1S/C14H27N4/c15-7-3-8-16-11-12-17-9-4-10-18-13-14-5-1-2-6-14/h1-2,5-6,16-18H,3-4,7-13,15H2. The van der Waals surface area contributed by atoms with Crippen molar-refractivity contribution >= 4 is 0 Å². The fraction of sp³-hybridized carbons (Fsp3) is 0.643. The second-order valence-corrected chi connectivity index (χ2v) is 4.47. The zero-order valence-electron chi connectivity index (χ0n) is 11.3. The van der Waals surface area contributed by atoms with E-state index in [9.17, 15) is 0 Å². The third-order valence-electron chi connectivity index (χ3n) is 2.80. The molecular formula is C14H27N4. The van der Waals surface area contributed by atoms with Crippen LogP contribution in [0.5, 0.6) is 0 Å². The molecule has 0 bridgehead atoms. The quantitative estimate of drug-likeness (QED) is 0.366. The van der Waals surface area contributed by atoms with Gasteiger partial charge in [-0.3, -0.25) is 0 Å². The molecule has 103 valence electrons. The van der Waals surface area contributed by atoms with E-state index in [-0.39, 0.29) is 0 Å². The van der Waals surface area contributed by atoms with E-state index >= 15 is 0 Å². The summed E-state index contributed by atoms with van der Waals surface area (Å²) in [5, 5.41) is 10.2. The third-order valence-corrected chi connectivity index (χ3v) is 2.80. The summed E-state index contributed by atoms with van der Waals surface area (Å²) in [6, 6.07) is 0. The van der Waals surface area contributed by atoms with E-state index in [0.29, 0.717) is 0 Å². The summed E-state index contributed by atoms with van der Waals surface area (Å²) in [6.45, 7) is 6.99. The van der Waals surface area contributed by atoms with Gasteiger partial charge in [-0.2, -0.15) is 0 Å². The lowest BCUT2D eigenvalue weighted by Crippen LogP contribution is -2.31. The van der Waals surface area contributed by atoms with E-state index in [4.69, 9.17) is 5.73 Å². The molecule has 0 heterocycles. The molecular weight excluding hydrogens is 224 g/mol. The van der Waals surface area contributed by atoms with Gasteiger partial charge in [0.15, 0.2) is 0 Å². The topological polar surface area (TPSA) is 62.1 Å². The van der Waals surface area contributed by atoms with Crippen molar-refractivity contribution in [2.45, 2.75) is 12.8 Å². The molecule has 0 amide bonds. The third kappa shape index (κ3) is 8.86.